The van der Waals surface area contributed by atoms with E-state index in [0.29, 0.717) is 10.2 Å². The van der Waals surface area contributed by atoms with Gasteiger partial charge >= 0.3 is 6.18 Å². The second-order valence-electron chi connectivity index (χ2n) is 3.74. The molecule has 1 aromatic carbocycles. The summed E-state index contributed by atoms with van der Waals surface area (Å²) in [6.45, 7) is 0. The van der Waals surface area contributed by atoms with E-state index in [4.69, 9.17) is 15.2 Å². The Balaban J connectivity index is 3.20. The molecular formula is C11H13BrF3NO3. The third-order valence-electron chi connectivity index (χ3n) is 2.54. The van der Waals surface area contributed by atoms with Crippen LogP contribution >= 0.6 is 15.9 Å². The zero-order valence-electron chi connectivity index (χ0n) is 10.2. The van der Waals surface area contributed by atoms with Gasteiger partial charge in [0, 0.05) is 4.47 Å². The number of ether oxygens (including phenoxy) is 2. The Labute approximate surface area is 116 Å². The number of alkyl halides is 3. The van der Waals surface area contributed by atoms with Crippen LogP contribution in [0.5, 0.6) is 11.5 Å². The van der Waals surface area contributed by atoms with Gasteiger partial charge in [0.15, 0.2) is 17.6 Å². The molecule has 0 saturated heterocycles. The van der Waals surface area contributed by atoms with E-state index in [0.717, 1.165) is 0 Å². The van der Waals surface area contributed by atoms with E-state index in [1.807, 2.05) is 0 Å². The summed E-state index contributed by atoms with van der Waals surface area (Å²) in [5, 5.41) is 9.18. The molecule has 1 aromatic rings. The minimum atomic E-state index is -4.80. The van der Waals surface area contributed by atoms with Crippen LogP contribution in [0, 0.1) is 0 Å². The van der Waals surface area contributed by atoms with E-state index in [1.54, 1.807) is 0 Å². The molecule has 0 amide bonds. The van der Waals surface area contributed by atoms with Crippen LogP contribution in [-0.4, -0.2) is 31.6 Å². The smallest absolute Gasteiger partial charge is 0.416 e. The van der Waals surface area contributed by atoms with Crippen molar-refractivity contribution in [3.63, 3.8) is 0 Å². The normalized spacial score (nSPS) is 14.9. The fourth-order valence-electron chi connectivity index (χ4n) is 1.50. The highest BCUT2D eigenvalue weighted by Crippen LogP contribution is 2.38. The lowest BCUT2D eigenvalue weighted by Gasteiger charge is -2.23. The van der Waals surface area contributed by atoms with Crippen molar-refractivity contribution in [2.75, 3.05) is 14.2 Å². The topological polar surface area (TPSA) is 64.7 Å². The van der Waals surface area contributed by atoms with E-state index in [2.05, 4.69) is 15.9 Å². The molecule has 2 atom stereocenters. The predicted molar refractivity (Wildman–Crippen MR) is 66.2 cm³/mol. The van der Waals surface area contributed by atoms with E-state index in [1.165, 1.54) is 26.4 Å². The van der Waals surface area contributed by atoms with Gasteiger partial charge in [-0.15, -0.1) is 0 Å². The summed E-state index contributed by atoms with van der Waals surface area (Å²) in [5.41, 5.74) is 5.52. The monoisotopic (exact) mass is 343 g/mol. The maximum atomic E-state index is 12.4. The maximum Gasteiger partial charge on any atom is 0.416 e. The number of methoxy groups -OCH3 is 2. The number of aliphatic hydroxyl groups is 1. The first-order valence-corrected chi connectivity index (χ1v) is 5.93. The molecule has 0 aliphatic rings. The first-order valence-electron chi connectivity index (χ1n) is 5.14. The van der Waals surface area contributed by atoms with Crippen LogP contribution in [0.3, 0.4) is 0 Å². The Hall–Kier alpha value is -0.990. The summed E-state index contributed by atoms with van der Waals surface area (Å²) in [4.78, 5) is 0. The van der Waals surface area contributed by atoms with Gasteiger partial charge in [-0.2, -0.15) is 13.2 Å². The number of benzene rings is 1. The van der Waals surface area contributed by atoms with E-state index in [9.17, 15) is 18.3 Å². The number of halogens is 4. The zero-order chi connectivity index (χ0) is 14.8. The van der Waals surface area contributed by atoms with Gasteiger partial charge < -0.3 is 20.3 Å². The first kappa shape index (κ1) is 16.1. The molecule has 0 heterocycles. The molecule has 1 rings (SSSR count). The SMILES string of the molecule is COc1cc(Br)c([C@@H](N)[C@@H](O)C(F)(F)F)cc1OC. The van der Waals surface area contributed by atoms with Crippen molar-refractivity contribution in [3.05, 3.63) is 22.2 Å². The van der Waals surface area contributed by atoms with Crippen LogP contribution in [0.2, 0.25) is 0 Å². The third-order valence-corrected chi connectivity index (χ3v) is 3.22. The van der Waals surface area contributed by atoms with Gasteiger partial charge in [0.05, 0.1) is 20.3 Å². The van der Waals surface area contributed by atoms with Gasteiger partial charge in [0.25, 0.3) is 0 Å². The second kappa shape index (κ2) is 5.98. The molecule has 4 nitrogen and oxygen atoms in total. The Bertz CT molecular complexity index is 454. The molecule has 0 bridgehead atoms. The van der Waals surface area contributed by atoms with Crippen molar-refractivity contribution in [3.8, 4) is 11.5 Å². The van der Waals surface area contributed by atoms with Crippen molar-refractivity contribution in [2.24, 2.45) is 5.73 Å². The Morgan fingerprint density at radius 1 is 1.21 bits per heavy atom. The Morgan fingerprint density at radius 3 is 2.11 bits per heavy atom. The lowest BCUT2D eigenvalue weighted by Crippen LogP contribution is -2.39. The predicted octanol–water partition coefficient (Wildman–Crippen LogP) is 2.39. The van der Waals surface area contributed by atoms with Crippen molar-refractivity contribution in [1.82, 2.24) is 0 Å². The fourth-order valence-corrected chi connectivity index (χ4v) is 2.09. The molecule has 0 unspecified atom stereocenters. The summed E-state index contributed by atoms with van der Waals surface area (Å²) in [5.74, 6) is 0.567. The van der Waals surface area contributed by atoms with Crippen LogP contribution in [0.4, 0.5) is 13.2 Å². The molecule has 108 valence electrons. The molecule has 0 aliphatic heterocycles. The van der Waals surface area contributed by atoms with Crippen molar-refractivity contribution in [1.29, 1.82) is 0 Å². The molecule has 8 heteroatoms. The number of nitrogens with two attached hydrogens (primary N) is 1. The van der Waals surface area contributed by atoms with Crippen LogP contribution in [0.15, 0.2) is 16.6 Å². The van der Waals surface area contributed by atoms with Crippen LogP contribution in [0.25, 0.3) is 0 Å². The summed E-state index contributed by atoms with van der Waals surface area (Å²) in [6.07, 6.45) is -7.46. The first-order chi connectivity index (χ1) is 8.72. The van der Waals surface area contributed by atoms with Crippen molar-refractivity contribution < 1.29 is 27.8 Å². The number of hydrogen-bond donors (Lipinski definition) is 2. The van der Waals surface area contributed by atoms with Crippen molar-refractivity contribution in [2.45, 2.75) is 18.3 Å². The average Bonchev–Trinajstić information content (AvgIpc) is 2.35. The zero-order valence-corrected chi connectivity index (χ0v) is 11.7. The van der Waals surface area contributed by atoms with Gasteiger partial charge in [-0.05, 0) is 17.7 Å². The fraction of sp³-hybridized carbons (Fsp3) is 0.455. The molecule has 0 saturated carbocycles. The van der Waals surface area contributed by atoms with Gasteiger partial charge in [-0.1, -0.05) is 15.9 Å². The van der Waals surface area contributed by atoms with Crippen LogP contribution < -0.4 is 15.2 Å². The molecule has 19 heavy (non-hydrogen) atoms. The summed E-state index contributed by atoms with van der Waals surface area (Å²) < 4.78 is 47.6. The van der Waals surface area contributed by atoms with Gasteiger partial charge in [0.1, 0.15) is 0 Å². The molecule has 0 aromatic heterocycles. The Morgan fingerprint density at radius 2 is 1.68 bits per heavy atom. The highest BCUT2D eigenvalue weighted by molar-refractivity contribution is 9.10. The Kier molecular flexibility index (Phi) is 5.05. The molecule has 0 spiro atoms. The molecular weight excluding hydrogens is 331 g/mol. The van der Waals surface area contributed by atoms with E-state index < -0.39 is 18.3 Å². The van der Waals surface area contributed by atoms with Gasteiger partial charge in [-0.25, -0.2) is 0 Å². The van der Waals surface area contributed by atoms with Crippen LogP contribution in [-0.2, 0) is 0 Å². The average molecular weight is 344 g/mol. The highest BCUT2D eigenvalue weighted by atomic mass is 79.9. The second-order valence-corrected chi connectivity index (χ2v) is 4.60. The van der Waals surface area contributed by atoms with Gasteiger partial charge in [-0.3, -0.25) is 0 Å². The largest absolute Gasteiger partial charge is 0.493 e. The lowest BCUT2D eigenvalue weighted by molar-refractivity contribution is -0.210. The summed E-state index contributed by atoms with van der Waals surface area (Å²) in [6, 6.07) is 1.09. The number of rotatable bonds is 4. The van der Waals surface area contributed by atoms with Crippen LogP contribution in [0.1, 0.15) is 11.6 Å². The summed E-state index contributed by atoms with van der Waals surface area (Å²) in [7, 11) is 2.75. The summed E-state index contributed by atoms with van der Waals surface area (Å²) >= 11 is 3.09. The maximum absolute atomic E-state index is 12.4. The molecule has 0 radical (unpaired) electrons. The minimum absolute atomic E-state index is 0.0717. The van der Waals surface area contributed by atoms with Gasteiger partial charge in [0.2, 0.25) is 0 Å². The molecule has 3 N–H and O–H groups in total. The number of hydrogen-bond acceptors (Lipinski definition) is 4. The highest BCUT2D eigenvalue weighted by Gasteiger charge is 2.43. The van der Waals surface area contributed by atoms with Crippen molar-refractivity contribution >= 4 is 15.9 Å². The molecule has 0 aliphatic carbocycles. The van der Waals surface area contributed by atoms with E-state index in [-0.39, 0.29) is 11.3 Å². The third kappa shape index (κ3) is 3.52. The quantitative estimate of drug-likeness (QED) is 0.880. The minimum Gasteiger partial charge on any atom is -0.493 e. The van der Waals surface area contributed by atoms with E-state index >= 15 is 0 Å². The standard InChI is InChI=1S/C11H13BrF3NO3/c1-18-7-3-5(6(12)4-8(7)19-2)9(16)10(17)11(13,14)15/h3-4,9-10,17H,16H2,1-2H3/t9-,10-/m1/s1. The lowest BCUT2D eigenvalue weighted by atomic mass is 10.0. The number of aliphatic hydroxyl groups excluding tert-OH is 1. The molecule has 0 fully saturated rings.